The van der Waals surface area contributed by atoms with Gasteiger partial charge in [-0.2, -0.15) is 0 Å². The van der Waals surface area contributed by atoms with E-state index in [0.29, 0.717) is 11.6 Å². The van der Waals surface area contributed by atoms with Crippen molar-refractivity contribution < 1.29 is 8.42 Å². The van der Waals surface area contributed by atoms with E-state index in [9.17, 15) is 8.42 Å². The van der Waals surface area contributed by atoms with Crippen molar-refractivity contribution >= 4 is 21.4 Å². The number of anilines is 2. The second-order valence-corrected chi connectivity index (χ2v) is 8.29. The van der Waals surface area contributed by atoms with Gasteiger partial charge in [0.1, 0.15) is 5.82 Å². The maximum absolute atomic E-state index is 12.6. The first-order valence-corrected chi connectivity index (χ1v) is 9.67. The molecule has 1 aliphatic carbocycles. The molecule has 0 amide bonds. The predicted octanol–water partition coefficient (Wildman–Crippen LogP) is 2.22. The second-order valence-electron chi connectivity index (χ2n) is 6.60. The highest BCUT2D eigenvalue weighted by Gasteiger charge is 2.23. The summed E-state index contributed by atoms with van der Waals surface area (Å²) < 4.78 is 27.8. The van der Waals surface area contributed by atoms with Gasteiger partial charge in [0.25, 0.3) is 10.0 Å². The van der Waals surface area contributed by atoms with Gasteiger partial charge >= 0.3 is 0 Å². The molecule has 7 heteroatoms. The van der Waals surface area contributed by atoms with E-state index in [-0.39, 0.29) is 4.90 Å². The number of aromatic nitrogens is 2. The summed E-state index contributed by atoms with van der Waals surface area (Å²) in [6, 6.07) is 5.28. The van der Waals surface area contributed by atoms with E-state index < -0.39 is 10.0 Å². The van der Waals surface area contributed by atoms with Gasteiger partial charge in [0.05, 0.1) is 23.0 Å². The Bertz CT molecular complexity index is 861. The molecule has 0 spiro atoms. The fraction of sp³-hybridized carbons (Fsp3) is 0.412. The number of likely N-dealkylation sites (N-methyl/N-ethyl adjacent to an activating group) is 1. The zero-order valence-electron chi connectivity index (χ0n) is 13.6. The number of rotatable bonds is 5. The summed E-state index contributed by atoms with van der Waals surface area (Å²) in [6.07, 6.45) is 7.40. The van der Waals surface area contributed by atoms with Crippen LogP contribution in [-0.4, -0.2) is 32.0 Å². The summed E-state index contributed by atoms with van der Waals surface area (Å²) in [5.74, 6) is 1.48. The maximum Gasteiger partial charge on any atom is 0.262 e. The lowest BCUT2D eigenvalue weighted by Crippen LogP contribution is -2.15. The standard InChI is InChI=1S/C17H20N4O2S/c1-21-7-6-13-4-5-15(9-16(13)21)24(22,23)20-14-10-18-17(19-11-14)8-12-2-3-12/h4-5,9-12,20H,2-3,6-8H2,1H3. The van der Waals surface area contributed by atoms with E-state index in [1.165, 1.54) is 18.4 Å². The number of sulfonamides is 1. The first-order valence-electron chi connectivity index (χ1n) is 8.19. The molecule has 0 atom stereocenters. The number of hydrogen-bond donors (Lipinski definition) is 1. The molecule has 0 unspecified atom stereocenters. The molecule has 4 rings (SSSR count). The Morgan fingerprint density at radius 3 is 2.71 bits per heavy atom. The van der Waals surface area contributed by atoms with Gasteiger partial charge in [-0.25, -0.2) is 18.4 Å². The molecule has 2 heterocycles. The van der Waals surface area contributed by atoms with E-state index in [1.807, 2.05) is 13.1 Å². The number of nitrogens with one attached hydrogen (secondary N) is 1. The SMILES string of the molecule is CN1CCc2ccc(S(=O)(=O)Nc3cnc(CC4CC4)nc3)cc21. The van der Waals surface area contributed by atoms with Crippen molar-refractivity contribution in [3.05, 3.63) is 42.0 Å². The van der Waals surface area contributed by atoms with Gasteiger partial charge in [-0.15, -0.1) is 0 Å². The summed E-state index contributed by atoms with van der Waals surface area (Å²) >= 11 is 0. The van der Waals surface area contributed by atoms with E-state index in [1.54, 1.807) is 24.5 Å². The normalized spacial score (nSPS) is 17.0. The van der Waals surface area contributed by atoms with Crippen molar-refractivity contribution in [3.63, 3.8) is 0 Å². The van der Waals surface area contributed by atoms with Crippen LogP contribution in [0.1, 0.15) is 24.2 Å². The van der Waals surface area contributed by atoms with Crippen molar-refractivity contribution in [2.24, 2.45) is 5.92 Å². The minimum Gasteiger partial charge on any atom is -0.374 e. The van der Waals surface area contributed by atoms with Crippen LogP contribution >= 0.6 is 0 Å². The van der Waals surface area contributed by atoms with Crippen LogP contribution in [0.2, 0.25) is 0 Å². The van der Waals surface area contributed by atoms with Gasteiger partial charge in [0.2, 0.25) is 0 Å². The van der Waals surface area contributed by atoms with Crippen LogP contribution in [0.15, 0.2) is 35.5 Å². The summed E-state index contributed by atoms with van der Waals surface area (Å²) in [4.78, 5) is 10.9. The van der Waals surface area contributed by atoms with Crippen LogP contribution in [0.3, 0.4) is 0 Å². The third-order valence-corrected chi connectivity index (χ3v) is 6.00. The quantitative estimate of drug-likeness (QED) is 0.900. The zero-order chi connectivity index (χ0) is 16.7. The Kier molecular flexibility index (Phi) is 3.68. The fourth-order valence-electron chi connectivity index (χ4n) is 2.99. The second kappa shape index (κ2) is 5.73. The molecule has 2 aliphatic rings. The molecule has 1 fully saturated rings. The Hall–Kier alpha value is -2.15. The smallest absolute Gasteiger partial charge is 0.262 e. The van der Waals surface area contributed by atoms with Crippen LogP contribution in [0.5, 0.6) is 0 Å². The average Bonchev–Trinajstić information content (AvgIpc) is 3.31. The predicted molar refractivity (Wildman–Crippen MR) is 92.7 cm³/mol. The molecular weight excluding hydrogens is 324 g/mol. The Balaban J connectivity index is 1.53. The molecule has 0 radical (unpaired) electrons. The average molecular weight is 344 g/mol. The fourth-order valence-corrected chi connectivity index (χ4v) is 4.04. The van der Waals surface area contributed by atoms with Gasteiger partial charge in [0, 0.05) is 25.7 Å². The molecule has 0 saturated heterocycles. The van der Waals surface area contributed by atoms with E-state index >= 15 is 0 Å². The molecule has 1 saturated carbocycles. The summed E-state index contributed by atoms with van der Waals surface area (Å²) in [5.41, 5.74) is 2.56. The molecule has 1 N–H and O–H groups in total. The van der Waals surface area contributed by atoms with Crippen LogP contribution in [0.25, 0.3) is 0 Å². The molecule has 1 aliphatic heterocycles. The lowest BCUT2D eigenvalue weighted by atomic mass is 10.2. The number of hydrogen-bond acceptors (Lipinski definition) is 5. The highest BCUT2D eigenvalue weighted by molar-refractivity contribution is 7.92. The molecular formula is C17H20N4O2S. The number of fused-ring (bicyclic) bond motifs is 1. The van der Waals surface area contributed by atoms with Gasteiger partial charge < -0.3 is 4.90 Å². The van der Waals surface area contributed by atoms with Gasteiger partial charge in [-0.05, 0) is 42.9 Å². The summed E-state index contributed by atoms with van der Waals surface area (Å²) in [5, 5.41) is 0. The lowest BCUT2D eigenvalue weighted by molar-refractivity contribution is 0.601. The Labute approximate surface area is 142 Å². The largest absolute Gasteiger partial charge is 0.374 e. The van der Waals surface area contributed by atoms with E-state index in [0.717, 1.165) is 30.9 Å². The Morgan fingerprint density at radius 2 is 2.00 bits per heavy atom. The van der Waals surface area contributed by atoms with Crippen LogP contribution in [0, 0.1) is 5.92 Å². The zero-order valence-corrected chi connectivity index (χ0v) is 14.4. The highest BCUT2D eigenvalue weighted by atomic mass is 32.2. The topological polar surface area (TPSA) is 75.2 Å². The van der Waals surface area contributed by atoms with Crippen molar-refractivity contribution in [2.45, 2.75) is 30.6 Å². The van der Waals surface area contributed by atoms with Gasteiger partial charge in [-0.3, -0.25) is 4.72 Å². The van der Waals surface area contributed by atoms with Crippen molar-refractivity contribution in [2.75, 3.05) is 23.2 Å². The monoisotopic (exact) mass is 344 g/mol. The molecule has 6 nitrogen and oxygen atoms in total. The first kappa shape index (κ1) is 15.4. The molecule has 126 valence electrons. The first-order chi connectivity index (χ1) is 11.5. The highest BCUT2D eigenvalue weighted by Crippen LogP contribution is 2.32. The Morgan fingerprint density at radius 1 is 1.25 bits per heavy atom. The van der Waals surface area contributed by atoms with Gasteiger partial charge in [0.15, 0.2) is 0 Å². The van der Waals surface area contributed by atoms with Crippen LogP contribution in [0.4, 0.5) is 11.4 Å². The third kappa shape index (κ3) is 3.08. The summed E-state index contributed by atoms with van der Waals surface area (Å²) in [6.45, 7) is 0.919. The van der Waals surface area contributed by atoms with E-state index in [4.69, 9.17) is 0 Å². The van der Waals surface area contributed by atoms with Crippen molar-refractivity contribution in [3.8, 4) is 0 Å². The maximum atomic E-state index is 12.6. The summed E-state index contributed by atoms with van der Waals surface area (Å²) in [7, 11) is -1.66. The number of benzene rings is 1. The minimum absolute atomic E-state index is 0.261. The van der Waals surface area contributed by atoms with Crippen LogP contribution < -0.4 is 9.62 Å². The number of nitrogens with zero attached hydrogens (tertiary/aromatic N) is 3. The van der Waals surface area contributed by atoms with E-state index in [2.05, 4.69) is 19.6 Å². The van der Waals surface area contributed by atoms with Crippen LogP contribution in [-0.2, 0) is 22.9 Å². The molecule has 0 bridgehead atoms. The van der Waals surface area contributed by atoms with Gasteiger partial charge in [-0.1, -0.05) is 6.07 Å². The van der Waals surface area contributed by atoms with Crippen molar-refractivity contribution in [1.29, 1.82) is 0 Å². The molecule has 24 heavy (non-hydrogen) atoms. The molecule has 1 aromatic carbocycles. The molecule has 1 aromatic heterocycles. The lowest BCUT2D eigenvalue weighted by Gasteiger charge is -2.14. The minimum atomic E-state index is -3.64. The molecule has 2 aromatic rings. The van der Waals surface area contributed by atoms with Crippen molar-refractivity contribution in [1.82, 2.24) is 9.97 Å². The third-order valence-electron chi connectivity index (χ3n) is 4.62.